The molecule has 144 valence electrons. The van der Waals surface area contributed by atoms with Gasteiger partial charge in [0.15, 0.2) is 0 Å². The summed E-state index contributed by atoms with van der Waals surface area (Å²) in [6.07, 6.45) is 3.08. The first-order valence-corrected chi connectivity index (χ1v) is 8.96. The molecule has 7 N–H and O–H groups in total. The van der Waals surface area contributed by atoms with Crippen molar-refractivity contribution in [3.63, 3.8) is 0 Å². The van der Waals surface area contributed by atoms with Crippen LogP contribution in [-0.4, -0.2) is 31.4 Å². The highest BCUT2D eigenvalue weighted by Gasteiger charge is 2.20. The van der Waals surface area contributed by atoms with Crippen LogP contribution in [0.5, 0.6) is 0 Å². The maximum atomic E-state index is 12.0. The number of para-hydroxylation sites is 1. The third-order valence-corrected chi connectivity index (χ3v) is 4.61. The lowest BCUT2D eigenvalue weighted by molar-refractivity contribution is -0.116. The molecule has 2 aromatic rings. The molecule has 28 heavy (non-hydrogen) atoms. The largest absolute Gasteiger partial charge is 0.398 e. The number of aliphatic imine (C=N–C) groups is 1. The molecule has 1 amide bonds. The van der Waals surface area contributed by atoms with Gasteiger partial charge in [0.2, 0.25) is 5.91 Å². The molecule has 0 bridgehead atoms. The van der Waals surface area contributed by atoms with Crippen LogP contribution in [0, 0.1) is 5.41 Å². The van der Waals surface area contributed by atoms with E-state index < -0.39 is 0 Å². The van der Waals surface area contributed by atoms with Crippen LogP contribution in [0.25, 0.3) is 16.8 Å². The average Bonchev–Trinajstić information content (AvgIpc) is 2.82. The molecule has 7 nitrogen and oxygen atoms in total. The Labute approximate surface area is 164 Å². The van der Waals surface area contributed by atoms with Crippen LogP contribution in [0.3, 0.4) is 0 Å². The zero-order chi connectivity index (χ0) is 20.3. The average molecular weight is 376 g/mol. The monoisotopic (exact) mass is 376 g/mol. The summed E-state index contributed by atoms with van der Waals surface area (Å²) in [6.45, 7) is 1.97. The Kier molecular flexibility index (Phi) is 5.44. The third-order valence-electron chi connectivity index (χ3n) is 4.61. The molecule has 7 heteroatoms. The van der Waals surface area contributed by atoms with Crippen LogP contribution in [0.4, 0.5) is 17.1 Å². The van der Waals surface area contributed by atoms with Gasteiger partial charge in [0.05, 0.1) is 17.1 Å². The minimum atomic E-state index is -0.0180. The summed E-state index contributed by atoms with van der Waals surface area (Å²) in [5, 5.41) is 13.9. The van der Waals surface area contributed by atoms with Crippen molar-refractivity contribution in [2.24, 2.45) is 10.7 Å². The molecule has 0 saturated carbocycles. The molecular formula is C21H24N6O. The molecule has 2 aromatic carbocycles. The number of nitrogens with one attached hydrogen (secondary N) is 3. The van der Waals surface area contributed by atoms with Crippen molar-refractivity contribution >= 4 is 41.1 Å². The van der Waals surface area contributed by atoms with Gasteiger partial charge in [-0.1, -0.05) is 18.2 Å². The van der Waals surface area contributed by atoms with Crippen LogP contribution < -0.4 is 22.1 Å². The summed E-state index contributed by atoms with van der Waals surface area (Å²) < 4.78 is 0. The molecule has 0 aromatic heterocycles. The molecule has 1 aliphatic heterocycles. The van der Waals surface area contributed by atoms with E-state index in [0.29, 0.717) is 28.9 Å². The Hall–Kier alpha value is -3.61. The van der Waals surface area contributed by atoms with Gasteiger partial charge in [0.1, 0.15) is 0 Å². The van der Waals surface area contributed by atoms with E-state index in [1.165, 1.54) is 6.21 Å². The molecule has 0 fully saturated rings. The summed E-state index contributed by atoms with van der Waals surface area (Å²) in [5.41, 5.74) is 17.9. The number of hydrogen-bond donors (Lipinski definition) is 5. The normalized spacial score (nSPS) is 17.2. The second kappa shape index (κ2) is 7.96. The zero-order valence-electron chi connectivity index (χ0n) is 15.9. The number of nitrogens with zero attached hydrogens (tertiary/aromatic N) is 1. The second-order valence-electron chi connectivity index (χ2n) is 6.73. The van der Waals surface area contributed by atoms with E-state index >= 15 is 0 Å². The second-order valence-corrected chi connectivity index (χ2v) is 6.73. The third kappa shape index (κ3) is 3.73. The summed E-state index contributed by atoms with van der Waals surface area (Å²) in [6, 6.07) is 11.4. The van der Waals surface area contributed by atoms with Crippen LogP contribution in [-0.2, 0) is 4.79 Å². The first-order chi connectivity index (χ1) is 13.4. The molecule has 0 unspecified atom stereocenters. The molecule has 1 atom stereocenters. The fourth-order valence-electron chi connectivity index (χ4n) is 3.27. The smallest absolute Gasteiger partial charge is 0.226 e. The van der Waals surface area contributed by atoms with E-state index in [9.17, 15) is 4.79 Å². The van der Waals surface area contributed by atoms with E-state index in [2.05, 4.69) is 15.6 Å². The quantitative estimate of drug-likeness (QED) is 0.415. The van der Waals surface area contributed by atoms with Gasteiger partial charge in [-0.05, 0) is 30.7 Å². The Balaban J connectivity index is 2.16. The SMILES string of the molecule is CN=C/C(C=N)=C(\N)c1cc(-c2cccc3c2N[C@H](C)CC(=O)N3)ccc1N. The highest BCUT2D eigenvalue weighted by Crippen LogP contribution is 2.38. The van der Waals surface area contributed by atoms with Gasteiger partial charge in [-0.3, -0.25) is 9.79 Å². The Morgan fingerprint density at radius 3 is 2.82 bits per heavy atom. The summed E-state index contributed by atoms with van der Waals surface area (Å²) >= 11 is 0. The van der Waals surface area contributed by atoms with Gasteiger partial charge >= 0.3 is 0 Å². The van der Waals surface area contributed by atoms with Crippen LogP contribution in [0.15, 0.2) is 47.0 Å². The van der Waals surface area contributed by atoms with Gasteiger partial charge in [0, 0.05) is 54.3 Å². The van der Waals surface area contributed by atoms with E-state index in [1.54, 1.807) is 13.1 Å². The van der Waals surface area contributed by atoms with E-state index in [4.69, 9.17) is 16.9 Å². The van der Waals surface area contributed by atoms with Gasteiger partial charge in [-0.25, -0.2) is 0 Å². The predicted octanol–water partition coefficient (Wildman–Crippen LogP) is 3.10. The zero-order valence-corrected chi connectivity index (χ0v) is 15.9. The minimum Gasteiger partial charge on any atom is -0.398 e. The van der Waals surface area contributed by atoms with Gasteiger partial charge in [-0.15, -0.1) is 0 Å². The molecule has 1 aliphatic rings. The maximum Gasteiger partial charge on any atom is 0.226 e. The van der Waals surface area contributed by atoms with Crippen molar-refractivity contribution in [1.29, 1.82) is 5.41 Å². The molecule has 1 heterocycles. The predicted molar refractivity (Wildman–Crippen MR) is 117 cm³/mol. The maximum absolute atomic E-state index is 12.0. The van der Waals surface area contributed by atoms with E-state index in [-0.39, 0.29) is 11.9 Å². The molecule has 3 rings (SSSR count). The number of anilines is 3. The van der Waals surface area contributed by atoms with Crippen molar-refractivity contribution in [3.05, 3.63) is 47.5 Å². The van der Waals surface area contributed by atoms with Crippen molar-refractivity contribution in [2.45, 2.75) is 19.4 Å². The molecule has 0 aliphatic carbocycles. The minimum absolute atomic E-state index is 0.00546. The Morgan fingerprint density at radius 2 is 2.11 bits per heavy atom. The summed E-state index contributed by atoms with van der Waals surface area (Å²) in [5.74, 6) is -0.0180. The lowest BCUT2D eigenvalue weighted by atomic mass is 9.97. The highest BCUT2D eigenvalue weighted by molar-refractivity contribution is 6.11. The van der Waals surface area contributed by atoms with Crippen LogP contribution >= 0.6 is 0 Å². The van der Waals surface area contributed by atoms with Crippen molar-refractivity contribution in [3.8, 4) is 11.1 Å². The number of carbonyl (C=O) groups excluding carboxylic acids is 1. The number of allylic oxidation sites excluding steroid dienone is 1. The van der Waals surface area contributed by atoms with Crippen molar-refractivity contribution in [2.75, 3.05) is 23.4 Å². The van der Waals surface area contributed by atoms with E-state index in [1.807, 2.05) is 37.3 Å². The summed E-state index contributed by atoms with van der Waals surface area (Å²) in [7, 11) is 1.62. The number of nitrogens with two attached hydrogens (primary N) is 2. The lowest BCUT2D eigenvalue weighted by Gasteiger charge is -2.18. The number of benzene rings is 2. The number of amides is 1. The van der Waals surface area contributed by atoms with Gasteiger partial charge in [-0.2, -0.15) is 0 Å². The summed E-state index contributed by atoms with van der Waals surface area (Å²) in [4.78, 5) is 16.0. The standard InChI is InChI=1S/C21H24N6O/c1-12-8-19(28)27-18-5-3-4-15(21(18)26-12)13-6-7-17(23)16(9-13)20(24)14(10-22)11-25-2/h3-7,9-12,22,26H,8,23-24H2,1-2H3,(H,27,28)/b20-14-,22-10?,25-11?/t12-/m1/s1. The first-order valence-electron chi connectivity index (χ1n) is 8.96. The number of fused-ring (bicyclic) bond motifs is 1. The van der Waals surface area contributed by atoms with Crippen LogP contribution in [0.1, 0.15) is 18.9 Å². The van der Waals surface area contributed by atoms with Crippen molar-refractivity contribution < 1.29 is 4.79 Å². The van der Waals surface area contributed by atoms with Crippen LogP contribution in [0.2, 0.25) is 0 Å². The molecular weight excluding hydrogens is 352 g/mol. The van der Waals surface area contributed by atoms with E-state index in [0.717, 1.165) is 28.7 Å². The van der Waals surface area contributed by atoms with Gasteiger partial charge < -0.3 is 27.5 Å². The Morgan fingerprint density at radius 1 is 1.32 bits per heavy atom. The van der Waals surface area contributed by atoms with Gasteiger partial charge in [0.25, 0.3) is 0 Å². The molecule has 0 saturated heterocycles. The topological polar surface area (TPSA) is 129 Å². The Bertz CT molecular complexity index is 992. The highest BCUT2D eigenvalue weighted by atomic mass is 16.1. The number of rotatable bonds is 4. The fraction of sp³-hybridized carbons (Fsp3) is 0.190. The number of hydrogen-bond acceptors (Lipinski definition) is 6. The fourth-order valence-corrected chi connectivity index (χ4v) is 3.27. The first kappa shape index (κ1) is 19.2. The molecule has 0 radical (unpaired) electrons. The number of carbonyl (C=O) groups is 1. The lowest BCUT2D eigenvalue weighted by Crippen LogP contribution is -2.19. The molecule has 0 spiro atoms. The number of nitrogen functional groups attached to an aromatic ring is 1. The van der Waals surface area contributed by atoms with Crippen molar-refractivity contribution in [1.82, 2.24) is 0 Å².